The van der Waals surface area contributed by atoms with Crippen LogP contribution in [-0.2, 0) is 6.42 Å². The number of hydrogen-bond donors (Lipinski definition) is 1. The molecule has 1 N–H and O–H groups in total. The highest BCUT2D eigenvalue weighted by Crippen LogP contribution is 2.25. The summed E-state index contributed by atoms with van der Waals surface area (Å²) in [6.45, 7) is 5.63. The lowest BCUT2D eigenvalue weighted by atomic mass is 9.84. The van der Waals surface area contributed by atoms with Gasteiger partial charge in [-0.1, -0.05) is 25.8 Å². The van der Waals surface area contributed by atoms with Gasteiger partial charge in [-0.2, -0.15) is 0 Å². The van der Waals surface area contributed by atoms with Crippen molar-refractivity contribution in [2.75, 3.05) is 26.7 Å². The molecule has 20 heavy (non-hydrogen) atoms. The second-order valence-electron chi connectivity index (χ2n) is 6.04. The maximum Gasteiger partial charge on any atom is 0.0416 e. The summed E-state index contributed by atoms with van der Waals surface area (Å²) in [7, 11) is 2.25. The zero-order valence-corrected chi connectivity index (χ0v) is 13.0. The Hall–Kier alpha value is -0.930. The van der Waals surface area contributed by atoms with Crippen LogP contribution in [0.3, 0.4) is 0 Å². The van der Waals surface area contributed by atoms with E-state index in [0.29, 0.717) is 0 Å². The molecule has 1 aromatic rings. The second-order valence-corrected chi connectivity index (χ2v) is 6.04. The molecule has 0 saturated heterocycles. The van der Waals surface area contributed by atoms with E-state index in [1.54, 1.807) is 0 Å². The second kappa shape index (κ2) is 8.38. The molecule has 0 aliphatic heterocycles. The summed E-state index contributed by atoms with van der Waals surface area (Å²) in [4.78, 5) is 6.88. The average molecular weight is 275 g/mol. The zero-order chi connectivity index (χ0) is 14.2. The van der Waals surface area contributed by atoms with Gasteiger partial charge in [0.1, 0.15) is 0 Å². The first kappa shape index (κ1) is 15.5. The quantitative estimate of drug-likeness (QED) is 0.829. The van der Waals surface area contributed by atoms with Crippen molar-refractivity contribution in [3.8, 4) is 0 Å². The predicted molar refractivity (Wildman–Crippen MR) is 84.9 cm³/mol. The summed E-state index contributed by atoms with van der Waals surface area (Å²) in [5, 5.41) is 3.67. The molecule has 0 bridgehead atoms. The molecule has 1 aliphatic rings. The molecule has 1 saturated carbocycles. The van der Waals surface area contributed by atoms with E-state index in [0.717, 1.165) is 31.5 Å². The third kappa shape index (κ3) is 4.88. The fraction of sp³-hybridized carbons (Fsp3) is 0.706. The Morgan fingerprint density at radius 2 is 2.15 bits per heavy atom. The molecule has 3 heteroatoms. The van der Waals surface area contributed by atoms with Crippen molar-refractivity contribution in [1.82, 2.24) is 15.2 Å². The monoisotopic (exact) mass is 275 g/mol. The summed E-state index contributed by atoms with van der Waals surface area (Å²) in [5.41, 5.74) is 1.20. The summed E-state index contributed by atoms with van der Waals surface area (Å²) in [5.74, 6) is 0.817. The molecule has 1 heterocycles. The molecular formula is C17H29N3. The summed E-state index contributed by atoms with van der Waals surface area (Å²) >= 11 is 0. The van der Waals surface area contributed by atoms with E-state index in [2.05, 4.69) is 41.3 Å². The lowest BCUT2D eigenvalue weighted by Gasteiger charge is -2.34. The van der Waals surface area contributed by atoms with Crippen molar-refractivity contribution >= 4 is 0 Å². The molecule has 2 atom stereocenters. The van der Waals surface area contributed by atoms with Crippen LogP contribution in [0.15, 0.2) is 24.4 Å². The van der Waals surface area contributed by atoms with E-state index >= 15 is 0 Å². The molecule has 1 fully saturated rings. The first-order valence-corrected chi connectivity index (χ1v) is 8.11. The average Bonchev–Trinajstić information content (AvgIpc) is 2.49. The third-order valence-electron chi connectivity index (χ3n) is 4.40. The van der Waals surface area contributed by atoms with Crippen LogP contribution in [0.5, 0.6) is 0 Å². The van der Waals surface area contributed by atoms with E-state index in [9.17, 15) is 0 Å². The van der Waals surface area contributed by atoms with Crippen molar-refractivity contribution in [3.63, 3.8) is 0 Å². The first-order valence-electron chi connectivity index (χ1n) is 8.11. The number of likely N-dealkylation sites (N-methyl/N-ethyl adjacent to an activating group) is 1. The lowest BCUT2D eigenvalue weighted by Crippen LogP contribution is -2.43. The van der Waals surface area contributed by atoms with E-state index in [1.807, 2.05) is 12.3 Å². The van der Waals surface area contributed by atoms with Gasteiger partial charge in [-0.05, 0) is 44.5 Å². The molecule has 1 aliphatic carbocycles. The van der Waals surface area contributed by atoms with E-state index < -0.39 is 0 Å². The maximum atomic E-state index is 4.40. The minimum atomic E-state index is 0.728. The number of nitrogens with zero attached hydrogens (tertiary/aromatic N) is 2. The minimum absolute atomic E-state index is 0.728. The van der Waals surface area contributed by atoms with Crippen LogP contribution in [0.2, 0.25) is 0 Å². The van der Waals surface area contributed by atoms with Crippen LogP contribution in [0.4, 0.5) is 0 Å². The van der Waals surface area contributed by atoms with Gasteiger partial charge in [0.2, 0.25) is 0 Å². The predicted octanol–water partition coefficient (Wildman–Crippen LogP) is 2.72. The van der Waals surface area contributed by atoms with Gasteiger partial charge < -0.3 is 10.2 Å². The lowest BCUT2D eigenvalue weighted by molar-refractivity contribution is 0.191. The van der Waals surface area contributed by atoms with Crippen LogP contribution in [0.25, 0.3) is 0 Å². The van der Waals surface area contributed by atoms with Crippen molar-refractivity contribution in [1.29, 1.82) is 0 Å². The fourth-order valence-corrected chi connectivity index (χ4v) is 3.30. The molecule has 3 nitrogen and oxygen atoms in total. The normalized spacial score (nSPS) is 23.1. The Bertz CT molecular complexity index is 364. The standard InChI is InChI=1S/C17H29N3/c1-3-18-17-10-5-4-8-15(17)14-20(2)13-11-16-9-6-7-12-19-16/h6-7,9,12,15,17-18H,3-5,8,10-11,13-14H2,1-2H3. The van der Waals surface area contributed by atoms with Gasteiger partial charge in [-0.3, -0.25) is 4.98 Å². The largest absolute Gasteiger partial charge is 0.314 e. The zero-order valence-electron chi connectivity index (χ0n) is 13.0. The van der Waals surface area contributed by atoms with Gasteiger partial charge in [-0.25, -0.2) is 0 Å². The van der Waals surface area contributed by atoms with Gasteiger partial charge in [0.15, 0.2) is 0 Å². The highest BCUT2D eigenvalue weighted by Gasteiger charge is 2.25. The maximum absolute atomic E-state index is 4.40. The number of nitrogens with one attached hydrogen (secondary N) is 1. The SMILES string of the molecule is CCNC1CCCCC1CN(C)CCc1ccccn1. The van der Waals surface area contributed by atoms with Crippen LogP contribution in [0.1, 0.15) is 38.3 Å². The molecular weight excluding hydrogens is 246 g/mol. The summed E-state index contributed by atoms with van der Waals surface area (Å²) < 4.78 is 0. The molecule has 0 radical (unpaired) electrons. The molecule has 112 valence electrons. The van der Waals surface area contributed by atoms with Gasteiger partial charge in [0.25, 0.3) is 0 Å². The molecule has 0 amide bonds. The van der Waals surface area contributed by atoms with Crippen molar-refractivity contribution < 1.29 is 0 Å². The highest BCUT2D eigenvalue weighted by molar-refractivity contribution is 5.03. The minimum Gasteiger partial charge on any atom is -0.314 e. The molecule has 2 rings (SSSR count). The van der Waals surface area contributed by atoms with Crippen molar-refractivity contribution in [2.45, 2.75) is 45.1 Å². The van der Waals surface area contributed by atoms with Crippen LogP contribution in [0, 0.1) is 5.92 Å². The van der Waals surface area contributed by atoms with E-state index in [4.69, 9.17) is 0 Å². The van der Waals surface area contributed by atoms with Crippen LogP contribution < -0.4 is 5.32 Å². The van der Waals surface area contributed by atoms with Gasteiger partial charge in [0.05, 0.1) is 0 Å². The Labute approximate surface area is 123 Å². The first-order chi connectivity index (χ1) is 9.79. The van der Waals surface area contributed by atoms with Crippen LogP contribution in [-0.4, -0.2) is 42.6 Å². The molecule has 1 aromatic heterocycles. The number of pyridine rings is 1. The summed E-state index contributed by atoms with van der Waals surface area (Å²) in [6.07, 6.45) is 8.47. The molecule has 0 spiro atoms. The molecule has 0 aromatic carbocycles. The Morgan fingerprint density at radius 3 is 2.90 bits per heavy atom. The van der Waals surface area contributed by atoms with E-state index in [1.165, 1.54) is 37.9 Å². The Balaban J connectivity index is 1.76. The smallest absolute Gasteiger partial charge is 0.0416 e. The van der Waals surface area contributed by atoms with Crippen LogP contribution >= 0.6 is 0 Å². The van der Waals surface area contributed by atoms with Gasteiger partial charge in [0, 0.05) is 37.4 Å². The third-order valence-corrected chi connectivity index (χ3v) is 4.40. The highest BCUT2D eigenvalue weighted by atomic mass is 15.1. The summed E-state index contributed by atoms with van der Waals surface area (Å²) in [6, 6.07) is 6.91. The van der Waals surface area contributed by atoms with E-state index in [-0.39, 0.29) is 0 Å². The topological polar surface area (TPSA) is 28.2 Å². The molecule has 2 unspecified atom stereocenters. The number of rotatable bonds is 7. The Morgan fingerprint density at radius 1 is 1.30 bits per heavy atom. The Kier molecular flexibility index (Phi) is 6.48. The van der Waals surface area contributed by atoms with Gasteiger partial charge >= 0.3 is 0 Å². The van der Waals surface area contributed by atoms with Crippen molar-refractivity contribution in [2.24, 2.45) is 5.92 Å². The number of aromatic nitrogens is 1. The number of hydrogen-bond acceptors (Lipinski definition) is 3. The fourth-order valence-electron chi connectivity index (χ4n) is 3.30. The van der Waals surface area contributed by atoms with Gasteiger partial charge in [-0.15, -0.1) is 0 Å². The van der Waals surface area contributed by atoms with Crippen molar-refractivity contribution in [3.05, 3.63) is 30.1 Å².